The number of thiophene rings is 1. The lowest BCUT2D eigenvalue weighted by atomic mass is 9.81. The van der Waals surface area contributed by atoms with Gasteiger partial charge in [0, 0.05) is 42.7 Å². The number of nitrogens with zero attached hydrogens (tertiary/aromatic N) is 2. The lowest BCUT2D eigenvalue weighted by Gasteiger charge is -2.43. The smallest absolute Gasteiger partial charge is 0.254 e. The van der Waals surface area contributed by atoms with Crippen LogP contribution in [0.15, 0.2) is 66.0 Å². The lowest BCUT2D eigenvalue weighted by molar-refractivity contribution is -0.128. The molecule has 1 saturated heterocycles. The van der Waals surface area contributed by atoms with Crippen LogP contribution < -0.4 is 11.1 Å². The zero-order chi connectivity index (χ0) is 29.5. The molecule has 1 saturated carbocycles. The Hall–Kier alpha value is -3.00. The van der Waals surface area contributed by atoms with Crippen LogP contribution in [0.1, 0.15) is 70.5 Å². The van der Waals surface area contributed by atoms with E-state index < -0.39 is 6.04 Å². The Morgan fingerprint density at radius 3 is 2.48 bits per heavy atom. The highest BCUT2D eigenvalue weighted by molar-refractivity contribution is 7.09. The fourth-order valence-electron chi connectivity index (χ4n) is 6.72. The average Bonchev–Trinajstić information content (AvgIpc) is 3.54. The number of amides is 2. The maximum Gasteiger partial charge on any atom is 0.254 e. The molecule has 3 N–H and O–H groups in total. The number of carbonyl (C=O) groups excluding carboxylic acids is 2. The summed E-state index contributed by atoms with van der Waals surface area (Å²) in [5.74, 6) is 0.917. The van der Waals surface area contributed by atoms with Gasteiger partial charge in [-0.25, -0.2) is 0 Å². The minimum atomic E-state index is -0.505. The summed E-state index contributed by atoms with van der Waals surface area (Å²) in [6, 6.07) is 20.2. The number of benzene rings is 2. The Morgan fingerprint density at radius 1 is 0.952 bits per heavy atom. The molecule has 0 bridgehead atoms. The zero-order valence-electron chi connectivity index (χ0n) is 25.1. The van der Waals surface area contributed by atoms with Crippen LogP contribution in [0.5, 0.6) is 0 Å². The van der Waals surface area contributed by atoms with Crippen LogP contribution in [0, 0.1) is 25.7 Å². The van der Waals surface area contributed by atoms with E-state index in [0.29, 0.717) is 43.5 Å². The molecule has 2 aromatic carbocycles. The minimum absolute atomic E-state index is 0.0259. The van der Waals surface area contributed by atoms with Crippen molar-refractivity contribution in [2.45, 2.75) is 77.5 Å². The van der Waals surface area contributed by atoms with Crippen LogP contribution in [-0.4, -0.2) is 53.3 Å². The molecule has 3 aromatic rings. The van der Waals surface area contributed by atoms with Crippen molar-refractivity contribution in [1.29, 1.82) is 0 Å². The number of likely N-dealkylation sites (tertiary alicyclic amines) is 1. The first kappa shape index (κ1) is 30.5. The monoisotopic (exact) mass is 586 g/mol. The van der Waals surface area contributed by atoms with E-state index >= 15 is 0 Å². The van der Waals surface area contributed by atoms with Crippen molar-refractivity contribution in [2.75, 3.05) is 19.6 Å². The first-order valence-corrected chi connectivity index (χ1v) is 16.5. The van der Waals surface area contributed by atoms with Gasteiger partial charge in [0.25, 0.3) is 5.91 Å². The molecule has 2 heterocycles. The molecule has 4 atom stereocenters. The summed E-state index contributed by atoms with van der Waals surface area (Å²) < 4.78 is 0. The first-order chi connectivity index (χ1) is 20.4. The van der Waals surface area contributed by atoms with Gasteiger partial charge in [-0.15, -0.1) is 11.3 Å². The van der Waals surface area contributed by atoms with Gasteiger partial charge in [-0.2, -0.15) is 0 Å². The van der Waals surface area contributed by atoms with Crippen LogP contribution in [0.4, 0.5) is 0 Å². The molecule has 3 unspecified atom stereocenters. The molecule has 2 fully saturated rings. The summed E-state index contributed by atoms with van der Waals surface area (Å²) in [5.41, 5.74) is 10.3. The maximum atomic E-state index is 13.9. The fourth-order valence-corrected chi connectivity index (χ4v) is 7.45. The minimum Gasteiger partial charge on any atom is -0.354 e. The fraction of sp³-hybridized carbons (Fsp3) is 0.486. The second-order valence-electron chi connectivity index (χ2n) is 12.3. The van der Waals surface area contributed by atoms with Gasteiger partial charge in [0.1, 0.15) is 6.04 Å². The molecule has 1 aliphatic carbocycles. The molecule has 6 nitrogen and oxygen atoms in total. The highest BCUT2D eigenvalue weighted by Crippen LogP contribution is 2.30. The molecule has 5 rings (SSSR count). The second kappa shape index (κ2) is 14.5. The summed E-state index contributed by atoms with van der Waals surface area (Å²) in [6.45, 7) is 7.77. The van der Waals surface area contributed by atoms with Gasteiger partial charge in [0.2, 0.25) is 5.91 Å². The normalized spacial score (nSPS) is 22.7. The van der Waals surface area contributed by atoms with E-state index in [2.05, 4.69) is 58.9 Å². The Kier molecular flexibility index (Phi) is 10.5. The van der Waals surface area contributed by atoms with Gasteiger partial charge >= 0.3 is 0 Å². The topological polar surface area (TPSA) is 78.7 Å². The van der Waals surface area contributed by atoms with E-state index in [1.165, 1.54) is 28.8 Å². The van der Waals surface area contributed by atoms with Gasteiger partial charge in [-0.1, -0.05) is 54.4 Å². The number of hydrogen-bond acceptors (Lipinski definition) is 5. The Balaban J connectivity index is 1.36. The number of piperidine rings is 1. The zero-order valence-corrected chi connectivity index (χ0v) is 26.0. The van der Waals surface area contributed by atoms with Gasteiger partial charge in [-0.05, 0) is 99.0 Å². The predicted molar refractivity (Wildman–Crippen MR) is 171 cm³/mol. The van der Waals surface area contributed by atoms with Crippen LogP contribution in [0.3, 0.4) is 0 Å². The largest absolute Gasteiger partial charge is 0.354 e. The molecule has 0 spiro atoms. The van der Waals surface area contributed by atoms with Crippen molar-refractivity contribution in [2.24, 2.45) is 17.6 Å². The van der Waals surface area contributed by atoms with Crippen LogP contribution >= 0.6 is 11.3 Å². The van der Waals surface area contributed by atoms with Crippen molar-refractivity contribution >= 4 is 23.2 Å². The van der Waals surface area contributed by atoms with Crippen molar-refractivity contribution in [3.8, 4) is 0 Å². The van der Waals surface area contributed by atoms with Crippen molar-refractivity contribution in [3.63, 3.8) is 0 Å². The number of aryl methyl sites for hydroxylation is 2. The van der Waals surface area contributed by atoms with Crippen molar-refractivity contribution in [3.05, 3.63) is 93.2 Å². The standard InChI is InChI=1S/C35H46N4O2S/c1-25-12-14-29(15-13-25)35(41)39-17-16-31(20-33(39)34(40)37-22-28-9-5-8-27(19-28)21-36)38(24-32-11-6-18-42-32)23-30-10-4-3-7-26(30)2/h3-4,6-7,10-15,18,27-28,31,33H,5,8-9,16-17,19-24,36H2,1-2H3,(H,37,40)/t27?,28?,31?,33-/m1/s1. The van der Waals surface area contributed by atoms with Crippen molar-refractivity contribution in [1.82, 2.24) is 15.1 Å². The highest BCUT2D eigenvalue weighted by Gasteiger charge is 2.39. The highest BCUT2D eigenvalue weighted by atomic mass is 32.1. The van der Waals surface area contributed by atoms with Crippen LogP contribution in [0.25, 0.3) is 0 Å². The van der Waals surface area contributed by atoms with E-state index in [0.717, 1.165) is 37.9 Å². The molecule has 1 aromatic heterocycles. The quantitative estimate of drug-likeness (QED) is 0.309. The molecule has 42 heavy (non-hydrogen) atoms. The number of nitrogens with two attached hydrogens (primary N) is 1. The molecule has 7 heteroatoms. The summed E-state index contributed by atoms with van der Waals surface area (Å²) in [6.07, 6.45) is 6.01. The van der Waals surface area contributed by atoms with Crippen molar-refractivity contribution < 1.29 is 9.59 Å². The molecular formula is C35H46N4O2S. The lowest BCUT2D eigenvalue weighted by Crippen LogP contribution is -2.57. The number of nitrogens with one attached hydrogen (secondary N) is 1. The predicted octanol–water partition coefficient (Wildman–Crippen LogP) is 5.92. The van der Waals surface area contributed by atoms with E-state index in [4.69, 9.17) is 5.73 Å². The molecule has 1 aliphatic heterocycles. The third kappa shape index (κ3) is 7.68. The van der Waals surface area contributed by atoms with Gasteiger partial charge in [0.15, 0.2) is 0 Å². The number of carbonyl (C=O) groups is 2. The summed E-state index contributed by atoms with van der Waals surface area (Å²) >= 11 is 1.77. The molecular weight excluding hydrogens is 540 g/mol. The van der Waals surface area contributed by atoms with E-state index in [1.54, 1.807) is 11.3 Å². The average molecular weight is 587 g/mol. The van der Waals surface area contributed by atoms with Gasteiger partial charge < -0.3 is 16.0 Å². The third-order valence-electron chi connectivity index (χ3n) is 9.32. The third-order valence-corrected chi connectivity index (χ3v) is 10.2. The van der Waals surface area contributed by atoms with Crippen LogP contribution in [0.2, 0.25) is 0 Å². The number of rotatable bonds is 10. The second-order valence-corrected chi connectivity index (χ2v) is 13.4. The first-order valence-electron chi connectivity index (χ1n) is 15.6. The molecule has 2 amide bonds. The summed E-state index contributed by atoms with van der Waals surface area (Å²) in [7, 11) is 0. The van der Waals surface area contributed by atoms with E-state index in [-0.39, 0.29) is 17.9 Å². The Bertz CT molecular complexity index is 1310. The van der Waals surface area contributed by atoms with Gasteiger partial charge in [-0.3, -0.25) is 14.5 Å². The van der Waals surface area contributed by atoms with E-state index in [9.17, 15) is 9.59 Å². The summed E-state index contributed by atoms with van der Waals surface area (Å²) in [5, 5.41) is 5.41. The number of hydrogen-bond donors (Lipinski definition) is 2. The molecule has 0 radical (unpaired) electrons. The molecule has 224 valence electrons. The van der Waals surface area contributed by atoms with E-state index in [1.807, 2.05) is 36.1 Å². The SMILES string of the molecule is Cc1ccc(C(=O)N2CCC(N(Cc3cccs3)Cc3ccccc3C)C[C@@H]2C(=O)NCC2CCCC(CN)C2)cc1. The molecule has 2 aliphatic rings. The Morgan fingerprint density at radius 2 is 1.74 bits per heavy atom. The maximum absolute atomic E-state index is 13.9. The Labute approximate surface area is 255 Å². The van der Waals surface area contributed by atoms with Crippen LogP contribution in [-0.2, 0) is 17.9 Å². The summed E-state index contributed by atoms with van der Waals surface area (Å²) in [4.78, 5) is 33.4. The van der Waals surface area contributed by atoms with Gasteiger partial charge in [0.05, 0.1) is 0 Å².